The van der Waals surface area contributed by atoms with E-state index in [0.717, 1.165) is 6.42 Å². The Morgan fingerprint density at radius 1 is 1.42 bits per heavy atom. The predicted molar refractivity (Wildman–Crippen MR) is 70.7 cm³/mol. The van der Waals surface area contributed by atoms with E-state index in [-0.39, 0.29) is 16.9 Å². The van der Waals surface area contributed by atoms with E-state index in [1.54, 1.807) is 0 Å². The summed E-state index contributed by atoms with van der Waals surface area (Å²) in [6, 6.07) is 0.251. The number of aromatic nitrogens is 2. The molecule has 1 aliphatic heterocycles. The largest absolute Gasteiger partial charge is 0.305 e. The van der Waals surface area contributed by atoms with E-state index in [2.05, 4.69) is 15.4 Å². The second-order valence-electron chi connectivity index (χ2n) is 4.66. The summed E-state index contributed by atoms with van der Waals surface area (Å²) >= 11 is 0. The van der Waals surface area contributed by atoms with Crippen LogP contribution in [0, 0.1) is 0 Å². The van der Waals surface area contributed by atoms with Crippen LogP contribution in [0.25, 0.3) is 0 Å². The van der Waals surface area contributed by atoms with Crippen LogP contribution in [0.2, 0.25) is 0 Å². The highest BCUT2D eigenvalue weighted by molar-refractivity contribution is 7.89. The van der Waals surface area contributed by atoms with Crippen molar-refractivity contribution >= 4 is 16.0 Å². The van der Waals surface area contributed by atoms with Crippen LogP contribution in [-0.2, 0) is 10.0 Å². The summed E-state index contributed by atoms with van der Waals surface area (Å²) in [5, 5.41) is 0. The highest BCUT2D eigenvalue weighted by Gasteiger charge is 2.33. The molecule has 1 fully saturated rings. The van der Waals surface area contributed by atoms with Crippen molar-refractivity contribution in [2.75, 3.05) is 32.6 Å². The monoisotopic (exact) mass is 286 g/mol. The molecule has 0 amide bonds. The number of anilines is 1. The topological polar surface area (TPSA) is 104 Å². The van der Waals surface area contributed by atoms with Gasteiger partial charge in [-0.15, -0.1) is 0 Å². The Kier molecular flexibility index (Phi) is 3.99. The molecule has 3 N–H and O–H groups in total. The molecule has 0 spiro atoms. The van der Waals surface area contributed by atoms with Gasteiger partial charge in [-0.2, -0.15) is 4.31 Å². The van der Waals surface area contributed by atoms with Crippen molar-refractivity contribution in [1.82, 2.24) is 19.2 Å². The summed E-state index contributed by atoms with van der Waals surface area (Å²) in [5.74, 6) is 5.33. The van der Waals surface area contributed by atoms with Crippen LogP contribution in [0.15, 0.2) is 17.3 Å². The van der Waals surface area contributed by atoms with Gasteiger partial charge in [0.1, 0.15) is 4.90 Å². The van der Waals surface area contributed by atoms with Crippen molar-refractivity contribution in [2.45, 2.75) is 17.4 Å². The molecular formula is C10H18N6O2S. The Balaban J connectivity index is 2.18. The lowest BCUT2D eigenvalue weighted by Crippen LogP contribution is -2.34. The highest BCUT2D eigenvalue weighted by Crippen LogP contribution is 2.22. The zero-order valence-electron chi connectivity index (χ0n) is 10.9. The molecule has 0 radical (unpaired) electrons. The van der Waals surface area contributed by atoms with Gasteiger partial charge in [-0.05, 0) is 20.5 Å². The number of likely N-dealkylation sites (N-methyl/N-ethyl adjacent to an activating group) is 1. The minimum atomic E-state index is -3.52. The van der Waals surface area contributed by atoms with Crippen molar-refractivity contribution < 1.29 is 8.42 Å². The molecule has 0 aromatic carbocycles. The number of sulfonamides is 1. The first kappa shape index (κ1) is 14.1. The van der Waals surface area contributed by atoms with E-state index in [1.165, 1.54) is 16.7 Å². The standard InChI is InChI=1S/C10H18N6O2S/c1-15(2)8-3-4-16(7-8)19(17,18)9-5-12-10(14-11)13-6-9/h5-6,8H,3-4,7,11H2,1-2H3,(H,12,13,14). The predicted octanol–water partition coefficient (Wildman–Crippen LogP) is -0.913. The highest BCUT2D eigenvalue weighted by atomic mass is 32.2. The van der Waals surface area contributed by atoms with E-state index >= 15 is 0 Å². The Morgan fingerprint density at radius 3 is 2.53 bits per heavy atom. The van der Waals surface area contributed by atoms with Crippen molar-refractivity contribution in [1.29, 1.82) is 0 Å². The molecule has 0 saturated carbocycles. The van der Waals surface area contributed by atoms with Gasteiger partial charge in [0.15, 0.2) is 0 Å². The average Bonchev–Trinajstić information content (AvgIpc) is 2.89. The third-order valence-electron chi connectivity index (χ3n) is 3.25. The van der Waals surface area contributed by atoms with Crippen molar-refractivity contribution in [3.8, 4) is 0 Å². The molecule has 0 aliphatic carbocycles. The molecule has 1 aromatic rings. The number of nitrogen functional groups attached to an aromatic ring is 1. The maximum atomic E-state index is 12.4. The van der Waals surface area contributed by atoms with E-state index in [9.17, 15) is 8.42 Å². The third kappa shape index (κ3) is 2.84. The zero-order chi connectivity index (χ0) is 14.0. The molecule has 0 bridgehead atoms. The van der Waals surface area contributed by atoms with Gasteiger partial charge in [-0.3, -0.25) is 5.43 Å². The molecule has 106 valence electrons. The first-order valence-electron chi connectivity index (χ1n) is 5.90. The van der Waals surface area contributed by atoms with Crippen LogP contribution < -0.4 is 11.3 Å². The number of nitrogens with one attached hydrogen (secondary N) is 1. The van der Waals surface area contributed by atoms with Gasteiger partial charge in [0, 0.05) is 19.1 Å². The van der Waals surface area contributed by atoms with Gasteiger partial charge >= 0.3 is 0 Å². The fraction of sp³-hybridized carbons (Fsp3) is 0.600. The molecule has 8 nitrogen and oxygen atoms in total. The van der Waals surface area contributed by atoms with Gasteiger partial charge in [0.05, 0.1) is 12.4 Å². The smallest absolute Gasteiger partial charge is 0.246 e. The van der Waals surface area contributed by atoms with Crippen molar-refractivity contribution in [3.63, 3.8) is 0 Å². The first-order valence-corrected chi connectivity index (χ1v) is 7.34. The van der Waals surface area contributed by atoms with Crippen LogP contribution in [-0.4, -0.2) is 60.8 Å². The number of rotatable bonds is 4. The molecule has 1 aromatic heterocycles. The molecule has 1 unspecified atom stereocenters. The summed E-state index contributed by atoms with van der Waals surface area (Å²) in [5.41, 5.74) is 2.26. The summed E-state index contributed by atoms with van der Waals surface area (Å²) < 4.78 is 26.2. The number of nitrogens with two attached hydrogens (primary N) is 1. The lowest BCUT2D eigenvalue weighted by atomic mass is 10.2. The minimum absolute atomic E-state index is 0.0888. The van der Waals surface area contributed by atoms with Crippen LogP contribution >= 0.6 is 0 Å². The van der Waals surface area contributed by atoms with Gasteiger partial charge in [0.2, 0.25) is 16.0 Å². The van der Waals surface area contributed by atoms with Crippen molar-refractivity contribution in [2.24, 2.45) is 5.84 Å². The number of hydrazine groups is 1. The third-order valence-corrected chi connectivity index (χ3v) is 5.07. The average molecular weight is 286 g/mol. The molecule has 1 aliphatic rings. The summed E-state index contributed by atoms with van der Waals surface area (Å²) in [4.78, 5) is 9.78. The lowest BCUT2D eigenvalue weighted by Gasteiger charge is -2.20. The normalized spacial score (nSPS) is 20.9. The molecule has 1 atom stereocenters. The number of nitrogens with zero attached hydrogens (tertiary/aromatic N) is 4. The molecule has 19 heavy (non-hydrogen) atoms. The van der Waals surface area contributed by atoms with Gasteiger partial charge in [0.25, 0.3) is 0 Å². The number of hydrogen-bond acceptors (Lipinski definition) is 7. The molecule has 2 rings (SSSR count). The first-order chi connectivity index (χ1) is 8.95. The Bertz CT molecular complexity index is 529. The number of hydrogen-bond donors (Lipinski definition) is 2. The van der Waals surface area contributed by atoms with E-state index < -0.39 is 10.0 Å². The maximum Gasteiger partial charge on any atom is 0.246 e. The minimum Gasteiger partial charge on any atom is -0.305 e. The second-order valence-corrected chi connectivity index (χ2v) is 6.59. The van der Waals surface area contributed by atoms with Crippen molar-refractivity contribution in [3.05, 3.63) is 12.4 Å². The van der Waals surface area contributed by atoms with Gasteiger partial charge < -0.3 is 4.90 Å². The zero-order valence-corrected chi connectivity index (χ0v) is 11.8. The molecular weight excluding hydrogens is 268 g/mol. The SMILES string of the molecule is CN(C)C1CCN(S(=O)(=O)c2cnc(NN)nc2)C1. The summed E-state index contributed by atoms with van der Waals surface area (Å²) in [6.07, 6.45) is 3.36. The van der Waals surface area contributed by atoms with Crippen LogP contribution in [0.5, 0.6) is 0 Å². The van der Waals surface area contributed by atoms with Crippen LogP contribution in [0.1, 0.15) is 6.42 Å². The second kappa shape index (κ2) is 5.37. The van der Waals surface area contributed by atoms with Gasteiger partial charge in [-0.1, -0.05) is 0 Å². The fourth-order valence-corrected chi connectivity index (χ4v) is 3.41. The fourth-order valence-electron chi connectivity index (χ4n) is 2.02. The quantitative estimate of drug-likeness (QED) is 0.545. The lowest BCUT2D eigenvalue weighted by molar-refractivity contribution is 0.302. The van der Waals surface area contributed by atoms with E-state index in [4.69, 9.17) is 5.84 Å². The van der Waals surface area contributed by atoms with E-state index in [1.807, 2.05) is 19.0 Å². The Hall–Kier alpha value is -1.29. The Morgan fingerprint density at radius 2 is 2.05 bits per heavy atom. The molecule has 2 heterocycles. The van der Waals surface area contributed by atoms with Crippen LogP contribution in [0.4, 0.5) is 5.95 Å². The summed E-state index contributed by atoms with van der Waals surface area (Å²) in [7, 11) is 0.383. The van der Waals surface area contributed by atoms with Crippen LogP contribution in [0.3, 0.4) is 0 Å². The molecule has 9 heteroatoms. The Labute approximate surface area is 112 Å². The molecule has 1 saturated heterocycles. The van der Waals surface area contributed by atoms with E-state index in [0.29, 0.717) is 13.1 Å². The summed E-state index contributed by atoms with van der Waals surface area (Å²) in [6.45, 7) is 1.01. The maximum absolute atomic E-state index is 12.4. The van der Waals surface area contributed by atoms with Gasteiger partial charge in [-0.25, -0.2) is 24.2 Å².